The van der Waals surface area contributed by atoms with E-state index in [4.69, 9.17) is 4.74 Å². The van der Waals surface area contributed by atoms with Gasteiger partial charge in [-0.1, -0.05) is 31.4 Å². The SMILES string of the molecule is COC(=O)C1(NC(=O)Cc2cccc(F)c2)CCCCC1. The van der Waals surface area contributed by atoms with Gasteiger partial charge in [-0.05, 0) is 30.5 Å². The lowest BCUT2D eigenvalue weighted by atomic mass is 9.81. The van der Waals surface area contributed by atoms with Crippen molar-refractivity contribution in [2.45, 2.75) is 44.1 Å². The number of carbonyl (C=O) groups is 2. The summed E-state index contributed by atoms with van der Waals surface area (Å²) in [6, 6.07) is 5.91. The zero-order valence-corrected chi connectivity index (χ0v) is 12.2. The zero-order valence-electron chi connectivity index (χ0n) is 12.2. The molecule has 5 heteroatoms. The van der Waals surface area contributed by atoms with E-state index < -0.39 is 11.5 Å². The third-order valence-electron chi connectivity index (χ3n) is 3.92. The van der Waals surface area contributed by atoms with Crippen LogP contribution in [0.5, 0.6) is 0 Å². The fraction of sp³-hybridized carbons (Fsp3) is 0.500. The van der Waals surface area contributed by atoms with Crippen LogP contribution in [0, 0.1) is 5.82 Å². The summed E-state index contributed by atoms with van der Waals surface area (Å²) in [6.07, 6.45) is 4.06. The van der Waals surface area contributed by atoms with Gasteiger partial charge in [-0.25, -0.2) is 9.18 Å². The Hall–Kier alpha value is -1.91. The Labute approximate surface area is 123 Å². The van der Waals surface area contributed by atoms with E-state index in [0.29, 0.717) is 18.4 Å². The van der Waals surface area contributed by atoms with E-state index in [1.165, 1.54) is 19.2 Å². The quantitative estimate of drug-likeness (QED) is 0.867. The van der Waals surface area contributed by atoms with Gasteiger partial charge in [0, 0.05) is 0 Å². The van der Waals surface area contributed by atoms with Crippen LogP contribution in [0.25, 0.3) is 0 Å². The molecule has 1 saturated carbocycles. The Morgan fingerprint density at radius 1 is 1.29 bits per heavy atom. The molecule has 0 spiro atoms. The molecule has 1 aliphatic rings. The molecule has 21 heavy (non-hydrogen) atoms. The van der Waals surface area contributed by atoms with Crippen molar-refractivity contribution in [2.24, 2.45) is 0 Å². The molecule has 0 aromatic heterocycles. The third-order valence-corrected chi connectivity index (χ3v) is 3.92. The van der Waals surface area contributed by atoms with Crippen molar-refractivity contribution in [2.75, 3.05) is 7.11 Å². The lowest BCUT2D eigenvalue weighted by Crippen LogP contribution is -2.56. The Morgan fingerprint density at radius 2 is 2.00 bits per heavy atom. The molecule has 1 N–H and O–H groups in total. The predicted molar refractivity (Wildman–Crippen MR) is 76.1 cm³/mol. The van der Waals surface area contributed by atoms with Crippen molar-refractivity contribution in [3.8, 4) is 0 Å². The van der Waals surface area contributed by atoms with Crippen LogP contribution in [0.15, 0.2) is 24.3 Å². The minimum Gasteiger partial charge on any atom is -0.467 e. The van der Waals surface area contributed by atoms with Crippen molar-refractivity contribution < 1.29 is 18.7 Å². The summed E-state index contributed by atoms with van der Waals surface area (Å²) in [5.74, 6) is -1.05. The number of halogens is 1. The van der Waals surface area contributed by atoms with E-state index >= 15 is 0 Å². The third kappa shape index (κ3) is 3.80. The molecule has 1 aromatic carbocycles. The van der Waals surface area contributed by atoms with Gasteiger partial charge in [0.1, 0.15) is 11.4 Å². The minimum absolute atomic E-state index is 0.0521. The van der Waals surface area contributed by atoms with E-state index in [1.54, 1.807) is 12.1 Å². The summed E-state index contributed by atoms with van der Waals surface area (Å²) in [5, 5.41) is 2.82. The number of hydrogen-bond donors (Lipinski definition) is 1. The van der Waals surface area contributed by atoms with Gasteiger partial charge in [0.05, 0.1) is 13.5 Å². The molecule has 0 bridgehead atoms. The van der Waals surface area contributed by atoms with Gasteiger partial charge >= 0.3 is 5.97 Å². The van der Waals surface area contributed by atoms with Gasteiger partial charge in [-0.3, -0.25) is 4.79 Å². The maximum absolute atomic E-state index is 13.1. The van der Waals surface area contributed by atoms with E-state index in [1.807, 2.05) is 0 Å². The first-order chi connectivity index (χ1) is 10.1. The molecule has 2 rings (SSSR count). The fourth-order valence-electron chi connectivity index (χ4n) is 2.87. The number of rotatable bonds is 4. The second-order valence-electron chi connectivity index (χ2n) is 5.49. The summed E-state index contributed by atoms with van der Waals surface area (Å²) in [5.41, 5.74) is -0.333. The molecule has 114 valence electrons. The van der Waals surface area contributed by atoms with Crippen LogP contribution < -0.4 is 5.32 Å². The van der Waals surface area contributed by atoms with Crippen molar-refractivity contribution in [3.05, 3.63) is 35.6 Å². The van der Waals surface area contributed by atoms with Gasteiger partial charge in [0.15, 0.2) is 0 Å². The normalized spacial score (nSPS) is 17.0. The van der Waals surface area contributed by atoms with Crippen LogP contribution in [-0.2, 0) is 20.7 Å². The summed E-state index contributed by atoms with van der Waals surface area (Å²) < 4.78 is 18.0. The van der Waals surface area contributed by atoms with Crippen LogP contribution in [0.3, 0.4) is 0 Å². The Bertz CT molecular complexity index is 524. The van der Waals surface area contributed by atoms with E-state index in [-0.39, 0.29) is 18.1 Å². The Balaban J connectivity index is 2.06. The number of nitrogens with one attached hydrogen (secondary N) is 1. The Kier molecular flexibility index (Phi) is 4.94. The summed E-state index contributed by atoms with van der Waals surface area (Å²) in [7, 11) is 1.33. The number of methoxy groups -OCH3 is 1. The van der Waals surface area contributed by atoms with Gasteiger partial charge in [0.25, 0.3) is 0 Å². The van der Waals surface area contributed by atoms with Gasteiger partial charge in [-0.2, -0.15) is 0 Å². The first kappa shape index (κ1) is 15.5. The average Bonchev–Trinajstić information content (AvgIpc) is 2.47. The maximum atomic E-state index is 13.1. The molecule has 0 heterocycles. The van der Waals surface area contributed by atoms with Gasteiger partial charge < -0.3 is 10.1 Å². The molecule has 0 radical (unpaired) electrons. The lowest BCUT2D eigenvalue weighted by Gasteiger charge is -2.35. The first-order valence-electron chi connectivity index (χ1n) is 7.20. The maximum Gasteiger partial charge on any atom is 0.331 e. The minimum atomic E-state index is -0.919. The van der Waals surface area contributed by atoms with Gasteiger partial charge in [-0.15, -0.1) is 0 Å². The van der Waals surface area contributed by atoms with Crippen LogP contribution in [0.1, 0.15) is 37.7 Å². The number of amides is 1. The van der Waals surface area contributed by atoms with Crippen LogP contribution >= 0.6 is 0 Å². The molecule has 1 aliphatic carbocycles. The zero-order chi connectivity index (χ0) is 15.3. The molecule has 0 aliphatic heterocycles. The monoisotopic (exact) mass is 293 g/mol. The highest BCUT2D eigenvalue weighted by atomic mass is 19.1. The highest BCUT2D eigenvalue weighted by Gasteiger charge is 2.41. The molecular weight excluding hydrogens is 273 g/mol. The Morgan fingerprint density at radius 3 is 2.62 bits per heavy atom. The van der Waals surface area contributed by atoms with Crippen LogP contribution in [0.4, 0.5) is 4.39 Å². The van der Waals surface area contributed by atoms with Crippen LogP contribution in [-0.4, -0.2) is 24.5 Å². The molecule has 4 nitrogen and oxygen atoms in total. The largest absolute Gasteiger partial charge is 0.467 e. The van der Waals surface area contributed by atoms with E-state index in [2.05, 4.69) is 5.32 Å². The molecule has 1 fully saturated rings. The molecule has 0 atom stereocenters. The molecule has 1 aromatic rings. The topological polar surface area (TPSA) is 55.4 Å². The van der Waals surface area contributed by atoms with Crippen molar-refractivity contribution in [1.29, 1.82) is 0 Å². The molecule has 1 amide bonds. The van der Waals surface area contributed by atoms with Crippen molar-refractivity contribution in [3.63, 3.8) is 0 Å². The number of benzene rings is 1. The smallest absolute Gasteiger partial charge is 0.331 e. The standard InChI is InChI=1S/C16H20FNO3/c1-21-15(20)16(8-3-2-4-9-16)18-14(19)11-12-6-5-7-13(17)10-12/h5-7,10H,2-4,8-9,11H2,1H3,(H,18,19). The van der Waals surface area contributed by atoms with Crippen molar-refractivity contribution in [1.82, 2.24) is 5.32 Å². The second kappa shape index (κ2) is 6.70. The second-order valence-corrected chi connectivity index (χ2v) is 5.49. The van der Waals surface area contributed by atoms with E-state index in [0.717, 1.165) is 19.3 Å². The number of hydrogen-bond acceptors (Lipinski definition) is 3. The fourth-order valence-corrected chi connectivity index (χ4v) is 2.87. The molecule has 0 saturated heterocycles. The van der Waals surface area contributed by atoms with Crippen LogP contribution in [0.2, 0.25) is 0 Å². The summed E-state index contributed by atoms with van der Waals surface area (Å²) in [4.78, 5) is 24.2. The first-order valence-corrected chi connectivity index (χ1v) is 7.20. The molecule has 0 unspecified atom stereocenters. The van der Waals surface area contributed by atoms with Gasteiger partial charge in [0.2, 0.25) is 5.91 Å². The van der Waals surface area contributed by atoms with Crippen molar-refractivity contribution >= 4 is 11.9 Å². The number of esters is 1. The highest BCUT2D eigenvalue weighted by Crippen LogP contribution is 2.29. The molecular formula is C16H20FNO3. The van der Waals surface area contributed by atoms with E-state index in [9.17, 15) is 14.0 Å². The predicted octanol–water partition coefficient (Wildman–Crippen LogP) is 2.36. The summed E-state index contributed by atoms with van der Waals surface area (Å²) >= 11 is 0. The number of ether oxygens (including phenoxy) is 1. The lowest BCUT2D eigenvalue weighted by molar-refractivity contribution is -0.152. The highest BCUT2D eigenvalue weighted by molar-refractivity contribution is 5.89. The number of carbonyl (C=O) groups excluding carboxylic acids is 2. The average molecular weight is 293 g/mol. The summed E-state index contributed by atoms with van der Waals surface area (Å²) in [6.45, 7) is 0.